The minimum atomic E-state index is -3.58. The number of hydrogen-bond acceptors (Lipinski definition) is 7. The highest BCUT2D eigenvalue weighted by Crippen LogP contribution is 2.28. The van der Waals surface area contributed by atoms with Crippen LogP contribution in [0.2, 0.25) is 0 Å². The summed E-state index contributed by atoms with van der Waals surface area (Å²) < 4.78 is 34.9. The zero-order chi connectivity index (χ0) is 21.3. The predicted octanol–water partition coefficient (Wildman–Crippen LogP) is 1.80. The standard InChI is InChI=1S/C20H24N6O3S/c1-15-14-18(16(2)13-17(15)29-3)30(27,28)25-11-9-24(10-12-25)19-5-6-20(23-22-19)26-8-4-7-21-26/h4-8,13-14H,9-12H2,1-3H3. The molecule has 1 aliphatic rings. The summed E-state index contributed by atoms with van der Waals surface area (Å²) in [6.07, 6.45) is 3.48. The van der Waals surface area contributed by atoms with Gasteiger partial charge in [0.1, 0.15) is 5.75 Å². The molecule has 0 saturated carbocycles. The number of hydrogen-bond donors (Lipinski definition) is 0. The summed E-state index contributed by atoms with van der Waals surface area (Å²) >= 11 is 0. The van der Waals surface area contributed by atoms with Crippen LogP contribution in [-0.2, 0) is 10.0 Å². The fourth-order valence-electron chi connectivity index (χ4n) is 3.57. The highest BCUT2D eigenvalue weighted by atomic mass is 32.2. The molecule has 3 heterocycles. The number of methoxy groups -OCH3 is 1. The molecule has 9 nitrogen and oxygen atoms in total. The van der Waals surface area contributed by atoms with Gasteiger partial charge in [-0.1, -0.05) is 0 Å². The van der Waals surface area contributed by atoms with E-state index >= 15 is 0 Å². The number of rotatable bonds is 5. The highest BCUT2D eigenvalue weighted by Gasteiger charge is 2.30. The molecule has 1 fully saturated rings. The maximum Gasteiger partial charge on any atom is 0.243 e. The molecule has 0 bridgehead atoms. The number of ether oxygens (including phenoxy) is 1. The maximum atomic E-state index is 13.2. The van der Waals surface area contributed by atoms with E-state index in [1.807, 2.05) is 30.0 Å². The maximum absolute atomic E-state index is 13.2. The number of nitrogens with zero attached hydrogens (tertiary/aromatic N) is 6. The van der Waals surface area contributed by atoms with Gasteiger partial charge in [0.05, 0.1) is 12.0 Å². The topological polar surface area (TPSA) is 93.5 Å². The fraction of sp³-hybridized carbons (Fsp3) is 0.350. The van der Waals surface area contributed by atoms with Gasteiger partial charge in [-0.2, -0.15) is 9.40 Å². The lowest BCUT2D eigenvalue weighted by Gasteiger charge is -2.34. The zero-order valence-corrected chi connectivity index (χ0v) is 18.0. The average molecular weight is 429 g/mol. The van der Waals surface area contributed by atoms with Crippen LogP contribution in [0.1, 0.15) is 11.1 Å². The molecule has 0 spiro atoms. The van der Waals surface area contributed by atoms with E-state index in [9.17, 15) is 8.42 Å². The lowest BCUT2D eigenvalue weighted by Crippen LogP contribution is -2.49. The second-order valence-electron chi connectivity index (χ2n) is 7.18. The molecule has 1 aromatic carbocycles. The Kier molecular flexibility index (Phi) is 5.44. The molecule has 158 valence electrons. The zero-order valence-electron chi connectivity index (χ0n) is 17.2. The molecule has 0 aliphatic carbocycles. The molecular weight excluding hydrogens is 404 g/mol. The first-order valence-electron chi connectivity index (χ1n) is 9.64. The van der Waals surface area contributed by atoms with Crippen molar-refractivity contribution in [2.75, 3.05) is 38.2 Å². The quantitative estimate of drug-likeness (QED) is 0.612. The van der Waals surface area contributed by atoms with Crippen LogP contribution < -0.4 is 9.64 Å². The van der Waals surface area contributed by atoms with E-state index in [0.29, 0.717) is 48.2 Å². The molecule has 30 heavy (non-hydrogen) atoms. The summed E-state index contributed by atoms with van der Waals surface area (Å²) in [5.74, 6) is 2.04. The summed E-state index contributed by atoms with van der Waals surface area (Å²) in [6.45, 7) is 5.50. The van der Waals surface area contributed by atoms with Crippen LogP contribution in [0, 0.1) is 13.8 Å². The van der Waals surface area contributed by atoms with Crippen LogP contribution in [-0.4, -0.2) is 66.0 Å². The Morgan fingerprint density at radius 1 is 0.967 bits per heavy atom. The molecular formula is C20H24N6O3S. The van der Waals surface area contributed by atoms with Crippen molar-refractivity contribution < 1.29 is 13.2 Å². The van der Waals surface area contributed by atoms with Crippen molar-refractivity contribution in [2.24, 2.45) is 0 Å². The van der Waals surface area contributed by atoms with E-state index in [1.165, 1.54) is 4.31 Å². The van der Waals surface area contributed by atoms with Crippen molar-refractivity contribution in [3.05, 3.63) is 53.9 Å². The summed E-state index contributed by atoms with van der Waals surface area (Å²) in [6, 6.07) is 9.01. The molecule has 1 saturated heterocycles. The monoisotopic (exact) mass is 428 g/mol. The SMILES string of the molecule is COc1cc(C)c(S(=O)(=O)N2CCN(c3ccc(-n4cccn4)nn3)CC2)cc1C. The smallest absolute Gasteiger partial charge is 0.243 e. The van der Waals surface area contributed by atoms with Gasteiger partial charge in [-0.05, 0) is 55.3 Å². The van der Waals surface area contributed by atoms with Crippen LogP contribution >= 0.6 is 0 Å². The summed E-state index contributed by atoms with van der Waals surface area (Å²) in [5, 5.41) is 12.6. The van der Waals surface area contributed by atoms with Gasteiger partial charge in [0.2, 0.25) is 10.0 Å². The van der Waals surface area contributed by atoms with Gasteiger partial charge in [0.15, 0.2) is 11.6 Å². The Morgan fingerprint density at radius 3 is 2.27 bits per heavy atom. The lowest BCUT2D eigenvalue weighted by atomic mass is 10.1. The van der Waals surface area contributed by atoms with E-state index in [2.05, 4.69) is 15.3 Å². The lowest BCUT2D eigenvalue weighted by molar-refractivity contribution is 0.382. The third-order valence-corrected chi connectivity index (χ3v) is 7.29. The van der Waals surface area contributed by atoms with Crippen molar-refractivity contribution in [1.29, 1.82) is 0 Å². The highest BCUT2D eigenvalue weighted by molar-refractivity contribution is 7.89. The molecule has 0 unspecified atom stereocenters. The first-order valence-corrected chi connectivity index (χ1v) is 11.1. The van der Waals surface area contributed by atoms with Crippen molar-refractivity contribution in [3.8, 4) is 11.6 Å². The summed E-state index contributed by atoms with van der Waals surface area (Å²) in [5.41, 5.74) is 1.48. The second-order valence-corrected chi connectivity index (χ2v) is 9.09. The van der Waals surface area contributed by atoms with Gasteiger partial charge < -0.3 is 9.64 Å². The molecule has 4 rings (SSSR count). The van der Waals surface area contributed by atoms with E-state index in [1.54, 1.807) is 43.2 Å². The summed E-state index contributed by atoms with van der Waals surface area (Å²) in [7, 11) is -2.00. The Balaban J connectivity index is 1.47. The second kappa shape index (κ2) is 8.04. The predicted molar refractivity (Wildman–Crippen MR) is 113 cm³/mol. The first kappa shape index (κ1) is 20.3. The molecule has 3 aromatic rings. The third-order valence-electron chi connectivity index (χ3n) is 5.25. The first-order chi connectivity index (χ1) is 14.4. The largest absolute Gasteiger partial charge is 0.496 e. The molecule has 0 amide bonds. The van der Waals surface area contributed by atoms with E-state index in [-0.39, 0.29) is 0 Å². The number of aryl methyl sites for hydroxylation is 2. The Morgan fingerprint density at radius 2 is 1.67 bits per heavy atom. The molecule has 2 aromatic heterocycles. The molecule has 0 radical (unpaired) electrons. The van der Waals surface area contributed by atoms with Crippen LogP contribution in [0.25, 0.3) is 5.82 Å². The van der Waals surface area contributed by atoms with E-state index in [4.69, 9.17) is 4.74 Å². The average Bonchev–Trinajstić information content (AvgIpc) is 3.30. The third kappa shape index (κ3) is 3.75. The summed E-state index contributed by atoms with van der Waals surface area (Å²) in [4.78, 5) is 2.37. The van der Waals surface area contributed by atoms with Crippen molar-refractivity contribution in [2.45, 2.75) is 18.7 Å². The molecule has 1 aliphatic heterocycles. The normalized spacial score (nSPS) is 15.4. The minimum Gasteiger partial charge on any atom is -0.496 e. The van der Waals surface area contributed by atoms with Crippen molar-refractivity contribution in [3.63, 3.8) is 0 Å². The van der Waals surface area contributed by atoms with Crippen LogP contribution in [0.15, 0.2) is 47.6 Å². The van der Waals surface area contributed by atoms with Gasteiger partial charge in [0.25, 0.3) is 0 Å². The fourth-order valence-corrected chi connectivity index (χ4v) is 5.28. The van der Waals surface area contributed by atoms with Crippen LogP contribution in [0.5, 0.6) is 5.75 Å². The number of anilines is 1. The van der Waals surface area contributed by atoms with Gasteiger partial charge in [-0.15, -0.1) is 10.2 Å². The molecule has 0 atom stereocenters. The number of piperazine rings is 1. The van der Waals surface area contributed by atoms with E-state index < -0.39 is 10.0 Å². The van der Waals surface area contributed by atoms with Crippen molar-refractivity contribution >= 4 is 15.8 Å². The van der Waals surface area contributed by atoms with Gasteiger partial charge >= 0.3 is 0 Å². The number of aromatic nitrogens is 4. The van der Waals surface area contributed by atoms with Crippen molar-refractivity contribution in [1.82, 2.24) is 24.3 Å². The molecule has 10 heteroatoms. The van der Waals surface area contributed by atoms with Gasteiger partial charge in [-0.25, -0.2) is 13.1 Å². The molecule has 0 N–H and O–H groups in total. The van der Waals surface area contributed by atoms with Gasteiger partial charge in [-0.3, -0.25) is 0 Å². The van der Waals surface area contributed by atoms with Gasteiger partial charge in [0, 0.05) is 38.6 Å². The Hall–Kier alpha value is -2.98. The Bertz CT molecular complexity index is 1120. The van der Waals surface area contributed by atoms with Crippen LogP contribution in [0.4, 0.5) is 5.82 Å². The Labute approximate surface area is 176 Å². The minimum absolute atomic E-state index is 0.331. The van der Waals surface area contributed by atoms with E-state index in [0.717, 1.165) is 11.4 Å². The number of sulfonamides is 1. The van der Waals surface area contributed by atoms with Crippen LogP contribution in [0.3, 0.4) is 0 Å². The number of benzene rings is 1.